The molecule has 25 heavy (non-hydrogen) atoms. The van der Waals surface area contributed by atoms with Crippen molar-refractivity contribution in [2.75, 3.05) is 26.2 Å². The van der Waals surface area contributed by atoms with Crippen LogP contribution in [0.5, 0.6) is 0 Å². The molecule has 132 valence electrons. The van der Waals surface area contributed by atoms with E-state index in [1.165, 1.54) is 0 Å². The van der Waals surface area contributed by atoms with E-state index in [-0.39, 0.29) is 17.9 Å². The topological polar surface area (TPSA) is 50.4 Å². The highest BCUT2D eigenvalue weighted by atomic mass is 35.5. The van der Waals surface area contributed by atoms with Gasteiger partial charge in [-0.1, -0.05) is 47.5 Å². The molecule has 0 bridgehead atoms. The fourth-order valence-electron chi connectivity index (χ4n) is 2.95. The van der Waals surface area contributed by atoms with E-state index in [0.29, 0.717) is 28.8 Å². The lowest BCUT2D eigenvalue weighted by Gasteiger charge is -2.25. The number of hydrogen-bond acceptors (Lipinski definition) is 3. The molecule has 4 nitrogen and oxygen atoms in total. The largest absolute Gasteiger partial charge is 0.374 e. The van der Waals surface area contributed by atoms with Crippen LogP contribution in [-0.2, 0) is 4.74 Å². The average molecular weight is 379 g/mol. The van der Waals surface area contributed by atoms with Crippen LogP contribution in [0.2, 0.25) is 10.0 Å². The number of carbonyl (C=O) groups excluding carboxylic acids is 1. The lowest BCUT2D eigenvalue weighted by molar-refractivity contribution is 0.0499. The third-order valence-corrected chi connectivity index (χ3v) is 5.03. The van der Waals surface area contributed by atoms with Crippen LogP contribution >= 0.6 is 23.2 Å². The van der Waals surface area contributed by atoms with Gasteiger partial charge in [-0.25, -0.2) is 0 Å². The van der Waals surface area contributed by atoms with Gasteiger partial charge in [0.2, 0.25) is 0 Å². The van der Waals surface area contributed by atoms with Crippen molar-refractivity contribution in [3.63, 3.8) is 0 Å². The first-order chi connectivity index (χ1) is 12.1. The SMILES string of the molecule is O=C(NC[C@H]1OCCNC[C@@H]1c1ccc(Cl)c(Cl)c1)c1ccccc1. The smallest absolute Gasteiger partial charge is 0.251 e. The van der Waals surface area contributed by atoms with Gasteiger partial charge < -0.3 is 15.4 Å². The summed E-state index contributed by atoms with van der Waals surface area (Å²) in [5, 5.41) is 7.39. The molecule has 1 fully saturated rings. The number of rotatable bonds is 4. The molecule has 2 aromatic rings. The van der Waals surface area contributed by atoms with Gasteiger partial charge in [-0.2, -0.15) is 0 Å². The van der Waals surface area contributed by atoms with Crippen LogP contribution in [0.3, 0.4) is 0 Å². The molecule has 2 atom stereocenters. The van der Waals surface area contributed by atoms with Gasteiger partial charge in [-0.05, 0) is 29.8 Å². The predicted octanol–water partition coefficient (Wildman–Crippen LogP) is 3.50. The molecule has 0 aromatic heterocycles. The zero-order chi connectivity index (χ0) is 17.6. The summed E-state index contributed by atoms with van der Waals surface area (Å²) in [5.74, 6) is -0.0253. The molecule has 3 rings (SSSR count). The highest BCUT2D eigenvalue weighted by Gasteiger charge is 2.27. The zero-order valence-corrected chi connectivity index (χ0v) is 15.2. The Morgan fingerprint density at radius 2 is 1.96 bits per heavy atom. The lowest BCUT2D eigenvalue weighted by atomic mass is 9.93. The summed E-state index contributed by atoms with van der Waals surface area (Å²) < 4.78 is 5.97. The molecular formula is C19H20Cl2N2O2. The fraction of sp³-hybridized carbons (Fsp3) is 0.316. The summed E-state index contributed by atoms with van der Waals surface area (Å²) in [7, 11) is 0. The second-order valence-corrected chi connectivity index (χ2v) is 6.78. The second-order valence-electron chi connectivity index (χ2n) is 5.97. The maximum absolute atomic E-state index is 12.3. The van der Waals surface area contributed by atoms with Crippen molar-refractivity contribution in [3.05, 3.63) is 69.7 Å². The molecule has 0 spiro atoms. The van der Waals surface area contributed by atoms with Gasteiger partial charge in [0, 0.05) is 31.1 Å². The second kappa shape index (κ2) is 8.68. The Bertz CT molecular complexity index is 725. The number of halogens is 2. The average Bonchev–Trinajstić information content (AvgIpc) is 2.88. The van der Waals surface area contributed by atoms with E-state index in [4.69, 9.17) is 27.9 Å². The van der Waals surface area contributed by atoms with E-state index in [0.717, 1.165) is 18.7 Å². The summed E-state index contributed by atoms with van der Waals surface area (Å²) in [6.45, 7) is 2.56. The van der Waals surface area contributed by atoms with E-state index < -0.39 is 0 Å². The summed E-state index contributed by atoms with van der Waals surface area (Å²) in [4.78, 5) is 12.3. The number of ether oxygens (including phenoxy) is 1. The van der Waals surface area contributed by atoms with Crippen molar-refractivity contribution >= 4 is 29.1 Å². The number of amides is 1. The molecule has 1 saturated heterocycles. The van der Waals surface area contributed by atoms with Gasteiger partial charge in [0.25, 0.3) is 5.91 Å². The van der Waals surface area contributed by atoms with Gasteiger partial charge in [-0.15, -0.1) is 0 Å². The van der Waals surface area contributed by atoms with Crippen LogP contribution in [-0.4, -0.2) is 38.3 Å². The van der Waals surface area contributed by atoms with Crippen molar-refractivity contribution < 1.29 is 9.53 Å². The summed E-state index contributed by atoms with van der Waals surface area (Å²) in [6, 6.07) is 14.8. The monoisotopic (exact) mass is 378 g/mol. The predicted molar refractivity (Wildman–Crippen MR) is 101 cm³/mol. The van der Waals surface area contributed by atoms with Crippen molar-refractivity contribution in [2.24, 2.45) is 0 Å². The molecule has 1 aliphatic heterocycles. The van der Waals surface area contributed by atoms with Crippen molar-refractivity contribution in [2.45, 2.75) is 12.0 Å². The van der Waals surface area contributed by atoms with Crippen molar-refractivity contribution in [1.82, 2.24) is 10.6 Å². The third kappa shape index (κ3) is 4.73. The Hall–Kier alpha value is -1.59. The number of hydrogen-bond donors (Lipinski definition) is 2. The maximum atomic E-state index is 12.3. The van der Waals surface area contributed by atoms with Crippen molar-refractivity contribution in [1.29, 1.82) is 0 Å². The van der Waals surface area contributed by atoms with Gasteiger partial charge in [-0.3, -0.25) is 4.79 Å². The molecule has 2 aromatic carbocycles. The first kappa shape index (κ1) is 18.2. The summed E-state index contributed by atoms with van der Waals surface area (Å²) >= 11 is 12.2. The summed E-state index contributed by atoms with van der Waals surface area (Å²) in [6.07, 6.45) is -0.139. The highest BCUT2D eigenvalue weighted by molar-refractivity contribution is 6.42. The maximum Gasteiger partial charge on any atom is 0.251 e. The van der Waals surface area contributed by atoms with Crippen LogP contribution < -0.4 is 10.6 Å². The molecule has 1 aliphatic rings. The molecule has 0 aliphatic carbocycles. The van der Waals surface area contributed by atoms with Crippen LogP contribution in [0.15, 0.2) is 48.5 Å². The quantitative estimate of drug-likeness (QED) is 0.855. The number of carbonyl (C=O) groups is 1. The Kier molecular flexibility index (Phi) is 6.32. The number of benzene rings is 2. The van der Waals surface area contributed by atoms with Gasteiger partial charge in [0.05, 0.1) is 22.8 Å². The minimum Gasteiger partial charge on any atom is -0.374 e. The molecule has 1 heterocycles. The molecule has 0 unspecified atom stereocenters. The molecule has 1 amide bonds. The Morgan fingerprint density at radius 3 is 2.72 bits per heavy atom. The van der Waals surface area contributed by atoms with E-state index in [2.05, 4.69) is 10.6 Å². The van der Waals surface area contributed by atoms with E-state index in [1.54, 1.807) is 18.2 Å². The Labute approximate surface area is 157 Å². The molecule has 0 radical (unpaired) electrons. The van der Waals surface area contributed by atoms with E-state index >= 15 is 0 Å². The summed E-state index contributed by atoms with van der Waals surface area (Å²) in [5.41, 5.74) is 1.68. The standard InChI is InChI=1S/C19H20Cl2N2O2/c20-16-7-6-14(10-17(16)21)15-11-22-8-9-25-18(15)12-23-19(24)13-4-2-1-3-5-13/h1-7,10,15,18,22H,8-9,11-12H2,(H,23,24)/t15-,18-/m1/s1. The normalized spacial score (nSPS) is 20.7. The first-order valence-corrected chi connectivity index (χ1v) is 9.01. The molecule has 0 saturated carbocycles. The minimum absolute atomic E-state index is 0.0772. The van der Waals surface area contributed by atoms with Crippen LogP contribution in [0, 0.1) is 0 Å². The minimum atomic E-state index is -0.139. The van der Waals surface area contributed by atoms with Gasteiger partial charge in [0.15, 0.2) is 0 Å². The molecular weight excluding hydrogens is 359 g/mol. The highest BCUT2D eigenvalue weighted by Crippen LogP contribution is 2.29. The molecule has 2 N–H and O–H groups in total. The van der Waals surface area contributed by atoms with Gasteiger partial charge >= 0.3 is 0 Å². The third-order valence-electron chi connectivity index (χ3n) is 4.30. The Balaban J connectivity index is 1.72. The lowest BCUT2D eigenvalue weighted by Crippen LogP contribution is -2.38. The zero-order valence-electron chi connectivity index (χ0n) is 13.7. The van der Waals surface area contributed by atoms with Crippen LogP contribution in [0.4, 0.5) is 0 Å². The van der Waals surface area contributed by atoms with Crippen LogP contribution in [0.25, 0.3) is 0 Å². The number of nitrogens with one attached hydrogen (secondary N) is 2. The Morgan fingerprint density at radius 1 is 1.16 bits per heavy atom. The molecule has 6 heteroatoms. The fourth-order valence-corrected chi connectivity index (χ4v) is 3.26. The van der Waals surface area contributed by atoms with Gasteiger partial charge in [0.1, 0.15) is 0 Å². The van der Waals surface area contributed by atoms with Crippen molar-refractivity contribution in [3.8, 4) is 0 Å². The van der Waals surface area contributed by atoms with E-state index in [9.17, 15) is 4.79 Å². The first-order valence-electron chi connectivity index (χ1n) is 8.25. The van der Waals surface area contributed by atoms with E-state index in [1.807, 2.05) is 30.3 Å². The van der Waals surface area contributed by atoms with Crippen LogP contribution in [0.1, 0.15) is 21.8 Å².